The highest BCUT2D eigenvalue weighted by Gasteiger charge is 2.15. The number of sulfonamides is 1. The molecular weight excluding hydrogens is 336 g/mol. The predicted molar refractivity (Wildman–Crippen MR) is 100 cm³/mol. The first kappa shape index (κ1) is 19.1. The molecule has 0 aliphatic rings. The van der Waals surface area contributed by atoms with E-state index in [1.165, 1.54) is 0 Å². The Bertz CT molecular complexity index is 800. The van der Waals surface area contributed by atoms with Crippen molar-refractivity contribution >= 4 is 21.6 Å². The smallest absolute Gasteiger partial charge is 0.240 e. The van der Waals surface area contributed by atoms with E-state index in [1.807, 2.05) is 30.3 Å². The summed E-state index contributed by atoms with van der Waals surface area (Å²) in [5.74, 6) is 0.0179. The third-order valence-corrected chi connectivity index (χ3v) is 5.44. The van der Waals surface area contributed by atoms with Crippen LogP contribution in [0.1, 0.15) is 25.8 Å². The Morgan fingerprint density at radius 1 is 1.04 bits per heavy atom. The standard InChI is InChI=1S/C19H24N2O3S/c1-15(2)20-25(23,24)18-12-9-16(10-13-18)11-14-19(22)21(3)17-7-5-4-6-8-17/h4-10,12-13,15,20H,11,14H2,1-3H3. The average molecular weight is 360 g/mol. The normalized spacial score (nSPS) is 11.5. The van der Waals surface area contributed by atoms with Crippen LogP contribution in [0.5, 0.6) is 0 Å². The van der Waals surface area contributed by atoms with E-state index in [1.54, 1.807) is 50.1 Å². The van der Waals surface area contributed by atoms with Crippen molar-refractivity contribution in [3.05, 3.63) is 60.2 Å². The number of hydrogen-bond donors (Lipinski definition) is 1. The summed E-state index contributed by atoms with van der Waals surface area (Å²) < 4.78 is 26.7. The van der Waals surface area contributed by atoms with Gasteiger partial charge < -0.3 is 4.90 Å². The van der Waals surface area contributed by atoms with Crippen LogP contribution in [0.25, 0.3) is 0 Å². The molecule has 0 unspecified atom stereocenters. The van der Waals surface area contributed by atoms with E-state index >= 15 is 0 Å². The number of nitrogens with zero attached hydrogens (tertiary/aromatic N) is 1. The van der Waals surface area contributed by atoms with Crippen LogP contribution < -0.4 is 9.62 Å². The molecule has 6 heteroatoms. The molecule has 0 bridgehead atoms. The Morgan fingerprint density at radius 2 is 1.64 bits per heavy atom. The van der Waals surface area contributed by atoms with Crippen LogP contribution in [-0.2, 0) is 21.2 Å². The molecule has 0 fully saturated rings. The van der Waals surface area contributed by atoms with E-state index in [4.69, 9.17) is 0 Å². The van der Waals surface area contributed by atoms with Crippen molar-refractivity contribution in [2.75, 3.05) is 11.9 Å². The molecule has 0 spiro atoms. The Balaban J connectivity index is 1.97. The zero-order valence-corrected chi connectivity index (χ0v) is 15.6. The second kappa shape index (κ2) is 8.27. The van der Waals surface area contributed by atoms with Gasteiger partial charge >= 0.3 is 0 Å². The Hall–Kier alpha value is -2.18. The van der Waals surface area contributed by atoms with Gasteiger partial charge in [-0.2, -0.15) is 0 Å². The van der Waals surface area contributed by atoms with Crippen molar-refractivity contribution in [1.82, 2.24) is 4.72 Å². The Kier molecular flexibility index (Phi) is 6.33. The summed E-state index contributed by atoms with van der Waals surface area (Å²) in [6.45, 7) is 3.56. The van der Waals surface area contributed by atoms with Crippen LogP contribution >= 0.6 is 0 Å². The molecule has 134 valence electrons. The van der Waals surface area contributed by atoms with Crippen molar-refractivity contribution in [2.45, 2.75) is 37.6 Å². The number of para-hydroxylation sites is 1. The van der Waals surface area contributed by atoms with Crippen molar-refractivity contribution in [2.24, 2.45) is 0 Å². The van der Waals surface area contributed by atoms with Gasteiger partial charge in [0.2, 0.25) is 15.9 Å². The van der Waals surface area contributed by atoms with Gasteiger partial charge in [-0.25, -0.2) is 13.1 Å². The van der Waals surface area contributed by atoms with E-state index in [9.17, 15) is 13.2 Å². The maximum absolute atomic E-state index is 12.3. The topological polar surface area (TPSA) is 66.5 Å². The summed E-state index contributed by atoms with van der Waals surface area (Å²) in [7, 11) is -1.73. The molecule has 2 aromatic carbocycles. The van der Waals surface area contributed by atoms with Crippen molar-refractivity contribution < 1.29 is 13.2 Å². The van der Waals surface area contributed by atoms with Crippen LogP contribution in [0, 0.1) is 0 Å². The zero-order chi connectivity index (χ0) is 18.4. The molecule has 0 aromatic heterocycles. The van der Waals surface area contributed by atoms with Crippen LogP contribution in [0.2, 0.25) is 0 Å². The summed E-state index contributed by atoms with van der Waals surface area (Å²) in [4.78, 5) is 14.1. The molecule has 25 heavy (non-hydrogen) atoms. The third kappa shape index (κ3) is 5.41. The molecule has 1 N–H and O–H groups in total. The molecule has 0 aliphatic heterocycles. The lowest BCUT2D eigenvalue weighted by Crippen LogP contribution is -2.30. The fourth-order valence-electron chi connectivity index (χ4n) is 2.43. The molecule has 0 aliphatic carbocycles. The highest BCUT2D eigenvalue weighted by Crippen LogP contribution is 2.15. The van der Waals surface area contributed by atoms with Crippen molar-refractivity contribution in [3.8, 4) is 0 Å². The molecule has 5 nitrogen and oxygen atoms in total. The van der Waals surface area contributed by atoms with Gasteiger partial charge in [-0.1, -0.05) is 30.3 Å². The molecule has 2 aromatic rings. The summed E-state index contributed by atoms with van der Waals surface area (Å²) >= 11 is 0. The minimum atomic E-state index is -3.48. The molecule has 0 saturated carbocycles. The predicted octanol–water partition coefficient (Wildman–Crippen LogP) is 2.97. The van der Waals surface area contributed by atoms with Gasteiger partial charge in [0.25, 0.3) is 0 Å². The SMILES string of the molecule is CC(C)NS(=O)(=O)c1ccc(CCC(=O)N(C)c2ccccc2)cc1. The second-order valence-corrected chi connectivity index (χ2v) is 7.92. The first-order valence-electron chi connectivity index (χ1n) is 8.22. The number of carbonyl (C=O) groups excluding carboxylic acids is 1. The number of rotatable bonds is 7. The third-order valence-electron chi connectivity index (χ3n) is 3.77. The summed E-state index contributed by atoms with van der Waals surface area (Å²) in [5.41, 5.74) is 1.78. The molecule has 0 atom stereocenters. The van der Waals surface area contributed by atoms with Crippen molar-refractivity contribution in [1.29, 1.82) is 0 Å². The molecule has 0 radical (unpaired) electrons. The number of hydrogen-bond acceptors (Lipinski definition) is 3. The lowest BCUT2D eigenvalue weighted by molar-refractivity contribution is -0.118. The molecule has 1 amide bonds. The minimum Gasteiger partial charge on any atom is -0.315 e. The summed E-state index contributed by atoms with van der Waals surface area (Å²) in [5, 5.41) is 0. The average Bonchev–Trinajstić information content (AvgIpc) is 2.59. The molecule has 2 rings (SSSR count). The lowest BCUT2D eigenvalue weighted by atomic mass is 10.1. The van der Waals surface area contributed by atoms with Gasteiger partial charge in [-0.05, 0) is 50.1 Å². The minimum absolute atomic E-state index is 0.0179. The van der Waals surface area contributed by atoms with Gasteiger partial charge in [0.1, 0.15) is 0 Å². The lowest BCUT2D eigenvalue weighted by Gasteiger charge is -2.17. The van der Waals surface area contributed by atoms with E-state index in [-0.39, 0.29) is 16.8 Å². The fourth-order valence-corrected chi connectivity index (χ4v) is 3.68. The first-order valence-corrected chi connectivity index (χ1v) is 9.71. The van der Waals surface area contributed by atoms with E-state index < -0.39 is 10.0 Å². The van der Waals surface area contributed by atoms with Crippen LogP contribution in [0.15, 0.2) is 59.5 Å². The Morgan fingerprint density at radius 3 is 2.20 bits per heavy atom. The monoisotopic (exact) mass is 360 g/mol. The van der Waals surface area contributed by atoms with Crippen molar-refractivity contribution in [3.63, 3.8) is 0 Å². The number of benzene rings is 2. The van der Waals surface area contributed by atoms with Crippen LogP contribution in [0.4, 0.5) is 5.69 Å². The zero-order valence-electron chi connectivity index (χ0n) is 14.8. The molecular formula is C19H24N2O3S. The van der Waals surface area contributed by atoms with Crippen LogP contribution in [0.3, 0.4) is 0 Å². The van der Waals surface area contributed by atoms with Gasteiger partial charge in [0, 0.05) is 25.2 Å². The highest BCUT2D eigenvalue weighted by molar-refractivity contribution is 7.89. The fraction of sp³-hybridized carbons (Fsp3) is 0.316. The summed E-state index contributed by atoms with van der Waals surface area (Å²) in [6.07, 6.45) is 0.926. The maximum Gasteiger partial charge on any atom is 0.240 e. The number of anilines is 1. The largest absolute Gasteiger partial charge is 0.315 e. The van der Waals surface area contributed by atoms with Gasteiger partial charge in [0.15, 0.2) is 0 Å². The number of carbonyl (C=O) groups is 1. The number of aryl methyl sites for hydroxylation is 1. The first-order chi connectivity index (χ1) is 11.8. The van der Waals surface area contributed by atoms with Gasteiger partial charge in [0.05, 0.1) is 4.90 Å². The highest BCUT2D eigenvalue weighted by atomic mass is 32.2. The van der Waals surface area contributed by atoms with Gasteiger partial charge in [-0.15, -0.1) is 0 Å². The molecule has 0 heterocycles. The van der Waals surface area contributed by atoms with E-state index in [0.717, 1.165) is 11.3 Å². The second-order valence-electron chi connectivity index (χ2n) is 6.21. The quantitative estimate of drug-likeness (QED) is 0.825. The number of amides is 1. The Labute approximate surface area is 149 Å². The summed E-state index contributed by atoms with van der Waals surface area (Å²) in [6, 6.07) is 16.0. The molecule has 0 saturated heterocycles. The van der Waals surface area contributed by atoms with Crippen LogP contribution in [-0.4, -0.2) is 27.4 Å². The van der Waals surface area contributed by atoms with E-state index in [2.05, 4.69) is 4.72 Å². The number of nitrogens with one attached hydrogen (secondary N) is 1. The van der Waals surface area contributed by atoms with E-state index in [0.29, 0.717) is 12.8 Å². The van der Waals surface area contributed by atoms with Gasteiger partial charge in [-0.3, -0.25) is 4.79 Å². The maximum atomic E-state index is 12.3.